The van der Waals surface area contributed by atoms with Gasteiger partial charge in [0.1, 0.15) is 5.75 Å². The first-order valence-electron chi connectivity index (χ1n) is 8.20. The Bertz CT molecular complexity index is 771. The highest BCUT2D eigenvalue weighted by Gasteiger charge is 2.15. The van der Waals surface area contributed by atoms with Gasteiger partial charge in [-0.2, -0.15) is 0 Å². The van der Waals surface area contributed by atoms with Crippen molar-refractivity contribution in [3.8, 4) is 5.75 Å². The van der Waals surface area contributed by atoms with Gasteiger partial charge in [0.05, 0.1) is 7.11 Å². The maximum atomic E-state index is 12.2. The first kappa shape index (κ1) is 18.5. The number of carbonyl (C=O) groups excluding carboxylic acids is 2. The van der Waals surface area contributed by atoms with Gasteiger partial charge in [-0.3, -0.25) is 9.59 Å². The van der Waals surface area contributed by atoms with Crippen molar-refractivity contribution in [2.24, 2.45) is 0 Å². The minimum atomic E-state index is -0.149. The summed E-state index contributed by atoms with van der Waals surface area (Å²) in [6.07, 6.45) is 0.212. The molecule has 0 unspecified atom stereocenters. The molecule has 0 radical (unpaired) electrons. The smallest absolute Gasteiger partial charge is 0.226 e. The first-order chi connectivity index (χ1) is 11.9. The number of carbonyl (C=O) groups is 2. The molecule has 0 saturated heterocycles. The number of anilines is 2. The van der Waals surface area contributed by atoms with E-state index in [0.717, 1.165) is 16.8 Å². The number of benzene rings is 2. The third-order valence-corrected chi connectivity index (χ3v) is 3.94. The van der Waals surface area contributed by atoms with Gasteiger partial charge in [-0.05, 0) is 37.6 Å². The molecule has 0 spiro atoms. The maximum absolute atomic E-state index is 12.2. The molecule has 0 aliphatic carbocycles. The van der Waals surface area contributed by atoms with E-state index in [2.05, 4.69) is 5.32 Å². The number of hydrogen-bond acceptors (Lipinski definition) is 3. The molecule has 0 fully saturated rings. The fraction of sp³-hybridized carbons (Fsp3) is 0.300. The van der Waals surface area contributed by atoms with Gasteiger partial charge in [0.15, 0.2) is 0 Å². The van der Waals surface area contributed by atoms with Crippen molar-refractivity contribution >= 4 is 23.2 Å². The second kappa shape index (κ2) is 8.33. The van der Waals surface area contributed by atoms with Crippen molar-refractivity contribution in [1.82, 2.24) is 0 Å². The molecular formula is C20H24N2O3. The normalized spacial score (nSPS) is 10.2. The van der Waals surface area contributed by atoms with Crippen LogP contribution in [0.2, 0.25) is 0 Å². The van der Waals surface area contributed by atoms with E-state index < -0.39 is 0 Å². The zero-order chi connectivity index (χ0) is 18.4. The number of aryl methyl sites for hydroxylation is 2. The van der Waals surface area contributed by atoms with Crippen LogP contribution in [-0.2, 0) is 9.59 Å². The van der Waals surface area contributed by atoms with E-state index in [1.54, 1.807) is 24.1 Å². The van der Waals surface area contributed by atoms with Gasteiger partial charge in [-0.1, -0.05) is 23.8 Å². The van der Waals surface area contributed by atoms with Crippen LogP contribution < -0.4 is 15.0 Å². The molecule has 2 rings (SSSR count). The van der Waals surface area contributed by atoms with Crippen molar-refractivity contribution in [3.05, 3.63) is 53.6 Å². The molecule has 0 atom stereocenters. The molecule has 0 aliphatic rings. The molecule has 0 heterocycles. The number of nitrogens with zero attached hydrogens (tertiary/aromatic N) is 1. The van der Waals surface area contributed by atoms with Crippen LogP contribution in [0.1, 0.15) is 24.5 Å². The van der Waals surface area contributed by atoms with E-state index in [0.29, 0.717) is 18.0 Å². The summed E-state index contributed by atoms with van der Waals surface area (Å²) in [5, 5.41) is 2.83. The third kappa shape index (κ3) is 5.08. The van der Waals surface area contributed by atoms with Crippen molar-refractivity contribution < 1.29 is 14.3 Å². The molecule has 2 aromatic carbocycles. The Balaban J connectivity index is 2.03. The molecule has 5 heteroatoms. The van der Waals surface area contributed by atoms with Crippen LogP contribution in [0, 0.1) is 13.8 Å². The predicted octanol–water partition coefficient (Wildman–Crippen LogP) is 3.69. The molecule has 132 valence electrons. The number of ether oxygens (including phenoxy) is 1. The fourth-order valence-corrected chi connectivity index (χ4v) is 2.69. The number of methoxy groups -OCH3 is 1. The number of hydrogen-bond donors (Lipinski definition) is 1. The third-order valence-electron chi connectivity index (χ3n) is 3.94. The lowest BCUT2D eigenvalue weighted by Crippen LogP contribution is -2.32. The van der Waals surface area contributed by atoms with Crippen molar-refractivity contribution in [1.29, 1.82) is 0 Å². The zero-order valence-corrected chi connectivity index (χ0v) is 15.1. The molecule has 5 nitrogen and oxygen atoms in total. The Kier molecular flexibility index (Phi) is 6.17. The molecule has 25 heavy (non-hydrogen) atoms. The van der Waals surface area contributed by atoms with E-state index in [1.807, 2.05) is 44.2 Å². The summed E-state index contributed by atoms with van der Waals surface area (Å²) in [7, 11) is 1.58. The largest absolute Gasteiger partial charge is 0.497 e. The van der Waals surface area contributed by atoms with Gasteiger partial charge in [-0.25, -0.2) is 0 Å². The second-order valence-electron chi connectivity index (χ2n) is 5.99. The highest BCUT2D eigenvalue weighted by Crippen LogP contribution is 2.22. The average Bonchev–Trinajstić information content (AvgIpc) is 2.56. The highest BCUT2D eigenvalue weighted by atomic mass is 16.5. The Morgan fingerprint density at radius 2 is 1.88 bits per heavy atom. The lowest BCUT2D eigenvalue weighted by Gasteiger charge is -2.23. The summed E-state index contributed by atoms with van der Waals surface area (Å²) >= 11 is 0. The first-order valence-corrected chi connectivity index (χ1v) is 8.20. The van der Waals surface area contributed by atoms with E-state index in [9.17, 15) is 9.59 Å². The molecule has 2 aromatic rings. The minimum absolute atomic E-state index is 0.0823. The quantitative estimate of drug-likeness (QED) is 0.872. The van der Waals surface area contributed by atoms with E-state index in [4.69, 9.17) is 4.74 Å². The molecule has 0 aromatic heterocycles. The summed E-state index contributed by atoms with van der Waals surface area (Å²) in [4.78, 5) is 25.9. The number of nitrogens with one attached hydrogen (secondary N) is 1. The molecule has 0 bridgehead atoms. The molecule has 1 N–H and O–H groups in total. The minimum Gasteiger partial charge on any atom is -0.497 e. The van der Waals surface area contributed by atoms with E-state index in [-0.39, 0.29) is 18.2 Å². The van der Waals surface area contributed by atoms with Crippen molar-refractivity contribution in [2.75, 3.05) is 23.9 Å². The van der Waals surface area contributed by atoms with Crippen LogP contribution in [0.3, 0.4) is 0 Å². The summed E-state index contributed by atoms with van der Waals surface area (Å²) in [6, 6.07) is 13.1. The summed E-state index contributed by atoms with van der Waals surface area (Å²) in [6.45, 7) is 5.82. The number of rotatable bonds is 6. The maximum Gasteiger partial charge on any atom is 0.226 e. The Hall–Kier alpha value is -2.82. The van der Waals surface area contributed by atoms with Crippen molar-refractivity contribution in [2.45, 2.75) is 27.2 Å². The van der Waals surface area contributed by atoms with Gasteiger partial charge >= 0.3 is 0 Å². The summed E-state index contributed by atoms with van der Waals surface area (Å²) in [5.41, 5.74) is 3.67. The molecule has 0 aliphatic heterocycles. The Morgan fingerprint density at radius 3 is 2.52 bits per heavy atom. The Morgan fingerprint density at radius 1 is 1.12 bits per heavy atom. The highest BCUT2D eigenvalue weighted by molar-refractivity contribution is 5.95. The van der Waals surface area contributed by atoms with Gasteiger partial charge < -0.3 is 15.0 Å². The lowest BCUT2D eigenvalue weighted by atomic mass is 10.1. The van der Waals surface area contributed by atoms with Gasteiger partial charge in [0.2, 0.25) is 11.8 Å². The van der Waals surface area contributed by atoms with Gasteiger partial charge in [-0.15, -0.1) is 0 Å². The van der Waals surface area contributed by atoms with Crippen molar-refractivity contribution in [3.63, 3.8) is 0 Å². The van der Waals surface area contributed by atoms with Gasteiger partial charge in [0.25, 0.3) is 0 Å². The standard InChI is InChI=1S/C20H24N2O3/c1-14-8-9-19(15(2)12-14)22(16(3)23)11-10-20(24)21-17-6-5-7-18(13-17)25-4/h5-9,12-13H,10-11H2,1-4H3,(H,21,24). The zero-order valence-electron chi connectivity index (χ0n) is 15.1. The predicted molar refractivity (Wildman–Crippen MR) is 100 cm³/mol. The van der Waals surface area contributed by atoms with Crippen LogP contribution in [0.25, 0.3) is 0 Å². The summed E-state index contributed by atoms with van der Waals surface area (Å²) < 4.78 is 5.14. The van der Waals surface area contributed by atoms with Crippen LogP contribution in [0.15, 0.2) is 42.5 Å². The molecule has 0 saturated carbocycles. The summed E-state index contributed by atoms with van der Waals surface area (Å²) in [5.74, 6) is 0.448. The van der Waals surface area contributed by atoms with Crippen LogP contribution in [0.4, 0.5) is 11.4 Å². The topological polar surface area (TPSA) is 58.6 Å². The number of amides is 2. The average molecular weight is 340 g/mol. The van der Waals surface area contributed by atoms with E-state index in [1.165, 1.54) is 6.92 Å². The molecular weight excluding hydrogens is 316 g/mol. The second-order valence-corrected chi connectivity index (χ2v) is 5.99. The SMILES string of the molecule is COc1cccc(NC(=O)CCN(C(C)=O)c2ccc(C)cc2C)c1. The fourth-order valence-electron chi connectivity index (χ4n) is 2.69. The molecule has 2 amide bonds. The lowest BCUT2D eigenvalue weighted by molar-refractivity contribution is -0.117. The van der Waals surface area contributed by atoms with Crippen LogP contribution in [0.5, 0.6) is 5.75 Å². The van der Waals surface area contributed by atoms with Gasteiger partial charge in [0, 0.05) is 37.3 Å². The van der Waals surface area contributed by atoms with Crippen LogP contribution in [-0.4, -0.2) is 25.5 Å². The van der Waals surface area contributed by atoms with Crippen LogP contribution >= 0.6 is 0 Å². The van der Waals surface area contributed by atoms with E-state index >= 15 is 0 Å². The monoisotopic (exact) mass is 340 g/mol. The Labute approximate surface area is 148 Å².